The molecule has 0 aliphatic carbocycles. The van der Waals surface area contributed by atoms with E-state index in [-0.39, 0.29) is 23.1 Å². The van der Waals surface area contributed by atoms with E-state index in [0.717, 1.165) is 42.9 Å². The summed E-state index contributed by atoms with van der Waals surface area (Å²) in [4.78, 5) is 48.1. The van der Waals surface area contributed by atoms with E-state index in [0.29, 0.717) is 25.5 Å². The van der Waals surface area contributed by atoms with Gasteiger partial charge in [-0.2, -0.15) is 0 Å². The van der Waals surface area contributed by atoms with Gasteiger partial charge in [0.2, 0.25) is 5.91 Å². The van der Waals surface area contributed by atoms with Crippen molar-refractivity contribution in [2.75, 3.05) is 49.1 Å². The second kappa shape index (κ2) is 8.33. The van der Waals surface area contributed by atoms with Crippen molar-refractivity contribution < 1.29 is 4.79 Å². The van der Waals surface area contributed by atoms with Gasteiger partial charge in [0, 0.05) is 65.6 Å². The van der Waals surface area contributed by atoms with Gasteiger partial charge in [0.05, 0.1) is 5.92 Å². The second-order valence-corrected chi connectivity index (χ2v) is 8.03. The Labute approximate surface area is 175 Å². The molecule has 160 valence electrons. The summed E-state index contributed by atoms with van der Waals surface area (Å²) in [7, 11) is 3.14. The summed E-state index contributed by atoms with van der Waals surface area (Å²) in [5.41, 5.74) is -0.677. The predicted molar refractivity (Wildman–Crippen MR) is 115 cm³/mol. The highest BCUT2D eigenvalue weighted by Gasteiger charge is 2.32. The monoisotopic (exact) mass is 412 g/mol. The van der Waals surface area contributed by atoms with Crippen LogP contribution in [0.4, 0.5) is 11.6 Å². The van der Waals surface area contributed by atoms with Crippen molar-refractivity contribution in [1.29, 1.82) is 0 Å². The maximum absolute atomic E-state index is 13.2. The fourth-order valence-electron chi connectivity index (χ4n) is 4.37. The van der Waals surface area contributed by atoms with E-state index in [4.69, 9.17) is 0 Å². The Kier molecular flexibility index (Phi) is 5.61. The standard InChI is InChI=1S/C21H28N6O3/c1-23-18(14-19(28)24(2)21(23)30)27-9-5-6-16(15-27)20(29)26-12-10-25(11-13-26)17-7-3-4-8-22-17/h3-4,7-8,14,16H,5-6,9-13,15H2,1-2H3/t16-/m0/s1. The highest BCUT2D eigenvalue weighted by molar-refractivity contribution is 5.80. The Morgan fingerprint density at radius 2 is 1.77 bits per heavy atom. The molecule has 0 spiro atoms. The molecule has 2 aliphatic rings. The van der Waals surface area contributed by atoms with Crippen molar-refractivity contribution in [1.82, 2.24) is 19.0 Å². The third-order valence-electron chi connectivity index (χ3n) is 6.16. The summed E-state index contributed by atoms with van der Waals surface area (Å²) in [6, 6.07) is 7.35. The van der Waals surface area contributed by atoms with Crippen molar-refractivity contribution in [2.24, 2.45) is 20.0 Å². The molecule has 0 N–H and O–H groups in total. The molecule has 4 heterocycles. The molecule has 1 amide bonds. The number of pyridine rings is 1. The number of rotatable bonds is 3. The summed E-state index contributed by atoms with van der Waals surface area (Å²) in [5, 5.41) is 0. The second-order valence-electron chi connectivity index (χ2n) is 8.03. The van der Waals surface area contributed by atoms with Crippen LogP contribution in [-0.2, 0) is 18.9 Å². The van der Waals surface area contributed by atoms with Gasteiger partial charge < -0.3 is 14.7 Å². The number of anilines is 2. The first kappa shape index (κ1) is 20.2. The summed E-state index contributed by atoms with van der Waals surface area (Å²) >= 11 is 0. The molecule has 2 aliphatic heterocycles. The minimum Gasteiger partial charge on any atom is -0.357 e. The fraction of sp³-hybridized carbons (Fsp3) is 0.524. The van der Waals surface area contributed by atoms with Gasteiger partial charge >= 0.3 is 5.69 Å². The Morgan fingerprint density at radius 3 is 2.47 bits per heavy atom. The zero-order valence-electron chi connectivity index (χ0n) is 17.5. The van der Waals surface area contributed by atoms with E-state index in [2.05, 4.69) is 9.88 Å². The number of hydrogen-bond acceptors (Lipinski definition) is 6. The van der Waals surface area contributed by atoms with Crippen molar-refractivity contribution in [3.8, 4) is 0 Å². The van der Waals surface area contributed by atoms with Crippen LogP contribution in [0.15, 0.2) is 40.1 Å². The third kappa shape index (κ3) is 3.83. The summed E-state index contributed by atoms with van der Waals surface area (Å²) in [5.74, 6) is 1.56. The number of amides is 1. The SMILES string of the molecule is Cn1c(N2CCC[C@H](C(=O)N3CCN(c4ccccn4)CC3)C2)cc(=O)n(C)c1=O. The maximum atomic E-state index is 13.2. The molecule has 0 bridgehead atoms. The molecular weight excluding hydrogens is 384 g/mol. The number of hydrogen-bond donors (Lipinski definition) is 0. The third-order valence-corrected chi connectivity index (χ3v) is 6.16. The van der Waals surface area contributed by atoms with Crippen molar-refractivity contribution in [2.45, 2.75) is 12.8 Å². The van der Waals surface area contributed by atoms with Crippen molar-refractivity contribution >= 4 is 17.5 Å². The number of aromatic nitrogens is 3. The molecule has 2 fully saturated rings. The molecule has 9 nitrogen and oxygen atoms in total. The number of carbonyl (C=O) groups is 1. The van der Waals surface area contributed by atoms with Crippen LogP contribution in [0.3, 0.4) is 0 Å². The molecule has 0 saturated carbocycles. The fourth-order valence-corrected chi connectivity index (χ4v) is 4.37. The van der Waals surface area contributed by atoms with Crippen LogP contribution < -0.4 is 21.0 Å². The maximum Gasteiger partial charge on any atom is 0.332 e. The average Bonchev–Trinajstić information content (AvgIpc) is 2.80. The molecule has 2 aromatic heterocycles. The van der Waals surface area contributed by atoms with Crippen LogP contribution in [0, 0.1) is 5.92 Å². The minimum atomic E-state index is -0.350. The zero-order chi connectivity index (χ0) is 21.3. The van der Waals surface area contributed by atoms with E-state index < -0.39 is 0 Å². The normalized spacial score (nSPS) is 19.8. The zero-order valence-corrected chi connectivity index (χ0v) is 17.5. The Bertz CT molecular complexity index is 1020. The lowest BCUT2D eigenvalue weighted by Gasteiger charge is -2.40. The van der Waals surface area contributed by atoms with Crippen LogP contribution in [-0.4, -0.2) is 64.2 Å². The summed E-state index contributed by atoms with van der Waals surface area (Å²) < 4.78 is 2.58. The summed E-state index contributed by atoms with van der Waals surface area (Å²) in [6.07, 6.45) is 3.47. The molecule has 0 unspecified atom stereocenters. The van der Waals surface area contributed by atoms with Crippen LogP contribution in [0.25, 0.3) is 0 Å². The lowest BCUT2D eigenvalue weighted by Crippen LogP contribution is -2.53. The predicted octanol–water partition coefficient (Wildman–Crippen LogP) is 0.0442. The van der Waals surface area contributed by atoms with Crippen LogP contribution in [0.2, 0.25) is 0 Å². The number of piperazine rings is 1. The van der Waals surface area contributed by atoms with Gasteiger partial charge in [0.15, 0.2) is 0 Å². The molecular formula is C21H28N6O3. The number of carbonyl (C=O) groups excluding carboxylic acids is 1. The lowest BCUT2D eigenvalue weighted by atomic mass is 9.96. The van der Waals surface area contributed by atoms with Gasteiger partial charge in [-0.3, -0.25) is 18.7 Å². The summed E-state index contributed by atoms with van der Waals surface area (Å²) in [6.45, 7) is 4.15. The molecule has 1 atom stereocenters. The molecule has 30 heavy (non-hydrogen) atoms. The van der Waals surface area contributed by atoms with E-state index in [9.17, 15) is 14.4 Å². The molecule has 4 rings (SSSR count). The van der Waals surface area contributed by atoms with E-state index >= 15 is 0 Å². The van der Waals surface area contributed by atoms with Crippen LogP contribution >= 0.6 is 0 Å². The molecule has 0 radical (unpaired) electrons. The van der Waals surface area contributed by atoms with Crippen molar-refractivity contribution in [3.63, 3.8) is 0 Å². The largest absolute Gasteiger partial charge is 0.357 e. The average molecular weight is 412 g/mol. The van der Waals surface area contributed by atoms with Crippen LogP contribution in [0.1, 0.15) is 12.8 Å². The molecule has 9 heteroatoms. The van der Waals surface area contributed by atoms with Gasteiger partial charge in [0.1, 0.15) is 11.6 Å². The lowest BCUT2D eigenvalue weighted by molar-refractivity contribution is -0.136. The molecule has 2 saturated heterocycles. The van der Waals surface area contributed by atoms with Crippen molar-refractivity contribution in [3.05, 3.63) is 51.3 Å². The van der Waals surface area contributed by atoms with E-state index in [1.54, 1.807) is 13.2 Å². The smallest absolute Gasteiger partial charge is 0.332 e. The highest BCUT2D eigenvalue weighted by Crippen LogP contribution is 2.24. The van der Waals surface area contributed by atoms with E-state index in [1.807, 2.05) is 28.0 Å². The first-order valence-corrected chi connectivity index (χ1v) is 10.4. The van der Waals surface area contributed by atoms with Crippen LogP contribution in [0.5, 0.6) is 0 Å². The van der Waals surface area contributed by atoms with E-state index in [1.165, 1.54) is 17.7 Å². The molecule has 0 aromatic carbocycles. The van der Waals surface area contributed by atoms with Gasteiger partial charge in [-0.25, -0.2) is 9.78 Å². The number of piperidine rings is 1. The Balaban J connectivity index is 1.42. The minimum absolute atomic E-state index is 0.126. The highest BCUT2D eigenvalue weighted by atomic mass is 16.2. The topological polar surface area (TPSA) is 83.7 Å². The van der Waals surface area contributed by atoms with Gasteiger partial charge in [-0.05, 0) is 25.0 Å². The Morgan fingerprint density at radius 1 is 1.00 bits per heavy atom. The molecule has 2 aromatic rings. The first-order chi connectivity index (χ1) is 14.5. The van der Waals surface area contributed by atoms with Gasteiger partial charge in [-0.15, -0.1) is 0 Å². The van der Waals surface area contributed by atoms with Gasteiger partial charge in [-0.1, -0.05) is 6.07 Å². The first-order valence-electron chi connectivity index (χ1n) is 10.4. The quantitative estimate of drug-likeness (QED) is 0.708. The Hall–Kier alpha value is -3.10. The van der Waals surface area contributed by atoms with Gasteiger partial charge in [0.25, 0.3) is 5.56 Å². The number of nitrogens with zero attached hydrogens (tertiary/aromatic N) is 6.